The molecule has 3 rings (SSSR count). The van der Waals surface area contributed by atoms with Crippen LogP contribution in [-0.2, 0) is 4.74 Å². The highest BCUT2D eigenvalue weighted by atomic mass is 16.6. The molecule has 2 atom stereocenters. The molecule has 2 heterocycles. The van der Waals surface area contributed by atoms with E-state index in [1.165, 1.54) is 11.1 Å². The third-order valence-corrected chi connectivity index (χ3v) is 4.09. The monoisotopic (exact) mass is 286 g/mol. The summed E-state index contributed by atoms with van der Waals surface area (Å²) in [4.78, 5) is 18.0. The van der Waals surface area contributed by atoms with E-state index in [2.05, 4.69) is 23.2 Å². The molecule has 0 bridgehead atoms. The van der Waals surface area contributed by atoms with E-state index in [-0.39, 0.29) is 6.09 Å². The van der Waals surface area contributed by atoms with E-state index in [9.17, 15) is 4.79 Å². The predicted molar refractivity (Wildman–Crippen MR) is 81.6 cm³/mol. The molecule has 0 saturated carbocycles. The molecule has 1 amide bonds. The van der Waals surface area contributed by atoms with E-state index < -0.39 is 5.60 Å². The first-order valence-electron chi connectivity index (χ1n) is 7.51. The smallest absolute Gasteiger partial charge is 0.410 e. The van der Waals surface area contributed by atoms with Crippen LogP contribution in [0.3, 0.4) is 0 Å². The molecule has 0 spiro atoms. The number of allylic oxidation sites excluding steroid dienone is 1. The predicted octanol–water partition coefficient (Wildman–Crippen LogP) is 3.35. The van der Waals surface area contributed by atoms with Crippen LogP contribution in [0.5, 0.6) is 0 Å². The van der Waals surface area contributed by atoms with E-state index in [1.54, 1.807) is 0 Å². The average Bonchev–Trinajstić information content (AvgIpc) is 2.95. The Hall–Kier alpha value is -1.84. The number of ether oxygens (including phenoxy) is 1. The summed E-state index contributed by atoms with van der Waals surface area (Å²) in [5.74, 6) is 0.987. The van der Waals surface area contributed by atoms with Crippen molar-refractivity contribution in [2.75, 3.05) is 13.1 Å². The van der Waals surface area contributed by atoms with Crippen LogP contribution in [0.2, 0.25) is 0 Å². The number of nitrogens with zero attached hydrogens (tertiary/aromatic N) is 2. The van der Waals surface area contributed by atoms with E-state index in [4.69, 9.17) is 4.74 Å². The fraction of sp³-hybridized carbons (Fsp3) is 0.529. The van der Waals surface area contributed by atoms with Gasteiger partial charge in [-0.3, -0.25) is 4.98 Å². The van der Waals surface area contributed by atoms with Gasteiger partial charge in [-0.05, 0) is 62.3 Å². The number of amides is 1. The third-order valence-electron chi connectivity index (χ3n) is 4.09. The second-order valence-electron chi connectivity index (χ2n) is 6.94. The lowest BCUT2D eigenvalue weighted by atomic mass is 9.99. The van der Waals surface area contributed by atoms with Crippen molar-refractivity contribution in [2.24, 2.45) is 11.8 Å². The van der Waals surface area contributed by atoms with Crippen LogP contribution in [0.15, 0.2) is 30.6 Å². The third kappa shape index (κ3) is 3.09. The van der Waals surface area contributed by atoms with E-state index >= 15 is 0 Å². The maximum absolute atomic E-state index is 12.1. The van der Waals surface area contributed by atoms with Crippen LogP contribution in [0.4, 0.5) is 4.79 Å². The Morgan fingerprint density at radius 1 is 1.29 bits per heavy atom. The molecule has 0 aromatic carbocycles. The maximum atomic E-state index is 12.1. The highest BCUT2D eigenvalue weighted by Crippen LogP contribution is 2.41. The number of hydrogen-bond donors (Lipinski definition) is 0. The summed E-state index contributed by atoms with van der Waals surface area (Å²) in [5.41, 5.74) is 2.21. The first-order chi connectivity index (χ1) is 9.92. The largest absolute Gasteiger partial charge is 0.444 e. The van der Waals surface area contributed by atoms with Gasteiger partial charge in [0.05, 0.1) is 0 Å². The normalized spacial score (nSPS) is 24.7. The van der Waals surface area contributed by atoms with Gasteiger partial charge in [-0.2, -0.15) is 0 Å². The Labute approximate surface area is 125 Å². The molecule has 112 valence electrons. The minimum atomic E-state index is -0.424. The van der Waals surface area contributed by atoms with Gasteiger partial charge in [-0.1, -0.05) is 6.08 Å². The minimum Gasteiger partial charge on any atom is -0.444 e. The summed E-state index contributed by atoms with van der Waals surface area (Å²) in [6.07, 6.45) is 6.84. The number of carbonyl (C=O) groups is 1. The van der Waals surface area contributed by atoms with Crippen molar-refractivity contribution in [1.82, 2.24) is 9.88 Å². The molecular weight excluding hydrogens is 264 g/mol. The van der Waals surface area contributed by atoms with Gasteiger partial charge in [0.1, 0.15) is 5.60 Å². The van der Waals surface area contributed by atoms with Crippen molar-refractivity contribution in [3.8, 4) is 0 Å². The Morgan fingerprint density at radius 2 is 2.00 bits per heavy atom. The van der Waals surface area contributed by atoms with Gasteiger partial charge >= 0.3 is 6.09 Å². The molecular formula is C17H22N2O2. The van der Waals surface area contributed by atoms with Crippen molar-refractivity contribution in [2.45, 2.75) is 32.8 Å². The number of likely N-dealkylation sites (tertiary alicyclic amines) is 1. The van der Waals surface area contributed by atoms with Crippen molar-refractivity contribution in [1.29, 1.82) is 0 Å². The van der Waals surface area contributed by atoms with Crippen LogP contribution in [-0.4, -0.2) is 34.7 Å². The summed E-state index contributed by atoms with van der Waals surface area (Å²) in [6, 6.07) is 4.11. The lowest BCUT2D eigenvalue weighted by Gasteiger charge is -2.24. The molecule has 2 unspecified atom stereocenters. The second-order valence-corrected chi connectivity index (χ2v) is 6.94. The quantitative estimate of drug-likeness (QED) is 0.795. The molecule has 2 aliphatic rings. The summed E-state index contributed by atoms with van der Waals surface area (Å²) in [5, 5.41) is 0. The molecule has 1 aliphatic carbocycles. The van der Waals surface area contributed by atoms with Crippen LogP contribution >= 0.6 is 0 Å². The van der Waals surface area contributed by atoms with E-state index in [0.717, 1.165) is 19.5 Å². The molecule has 0 N–H and O–H groups in total. The average molecular weight is 286 g/mol. The zero-order valence-electron chi connectivity index (χ0n) is 12.9. The molecule has 4 heteroatoms. The Morgan fingerprint density at radius 3 is 2.62 bits per heavy atom. The molecule has 4 nitrogen and oxygen atoms in total. The minimum absolute atomic E-state index is 0.184. The summed E-state index contributed by atoms with van der Waals surface area (Å²) < 4.78 is 5.46. The van der Waals surface area contributed by atoms with Gasteiger partial charge in [0.25, 0.3) is 0 Å². The highest BCUT2D eigenvalue weighted by Gasteiger charge is 2.39. The standard InChI is InChI=1S/C17H22N2O2/c1-17(2,3)21-16(20)19-10-14-8-13(9-15(14)11-19)12-4-6-18-7-5-12/h4-8,14-15H,9-11H2,1-3H3. The number of fused-ring (bicyclic) bond motifs is 1. The number of hydrogen-bond acceptors (Lipinski definition) is 3. The maximum Gasteiger partial charge on any atom is 0.410 e. The van der Waals surface area contributed by atoms with Gasteiger partial charge in [-0.15, -0.1) is 0 Å². The fourth-order valence-electron chi connectivity index (χ4n) is 3.17. The van der Waals surface area contributed by atoms with Crippen LogP contribution < -0.4 is 0 Å². The molecule has 21 heavy (non-hydrogen) atoms. The Kier molecular flexibility index (Phi) is 3.47. The van der Waals surface area contributed by atoms with E-state index in [1.807, 2.05) is 38.1 Å². The zero-order chi connectivity index (χ0) is 15.0. The first-order valence-corrected chi connectivity index (χ1v) is 7.51. The molecule has 1 aliphatic heterocycles. The molecule has 1 aromatic rings. The van der Waals surface area contributed by atoms with Gasteiger partial charge in [0.2, 0.25) is 0 Å². The SMILES string of the molecule is CC(C)(C)OC(=O)N1CC2C=C(c3ccncc3)CC2C1. The van der Waals surface area contributed by atoms with Crippen molar-refractivity contribution in [3.05, 3.63) is 36.2 Å². The summed E-state index contributed by atoms with van der Waals surface area (Å²) >= 11 is 0. The topological polar surface area (TPSA) is 42.4 Å². The van der Waals surface area contributed by atoms with Gasteiger partial charge in [0.15, 0.2) is 0 Å². The first kappa shape index (κ1) is 14.1. The number of aromatic nitrogens is 1. The molecule has 1 fully saturated rings. The highest BCUT2D eigenvalue weighted by molar-refractivity contribution is 5.71. The number of carbonyl (C=O) groups excluding carboxylic acids is 1. The number of pyridine rings is 1. The molecule has 1 aromatic heterocycles. The lowest BCUT2D eigenvalue weighted by molar-refractivity contribution is 0.0285. The molecule has 1 saturated heterocycles. The Balaban J connectivity index is 1.65. The summed E-state index contributed by atoms with van der Waals surface area (Å²) in [7, 11) is 0. The van der Waals surface area contributed by atoms with Gasteiger partial charge < -0.3 is 9.64 Å². The van der Waals surface area contributed by atoms with Crippen molar-refractivity contribution < 1.29 is 9.53 Å². The lowest BCUT2D eigenvalue weighted by Crippen LogP contribution is -2.35. The van der Waals surface area contributed by atoms with Gasteiger partial charge in [-0.25, -0.2) is 4.79 Å². The Bertz CT molecular complexity index is 560. The van der Waals surface area contributed by atoms with Crippen molar-refractivity contribution in [3.63, 3.8) is 0 Å². The summed E-state index contributed by atoms with van der Waals surface area (Å²) in [6.45, 7) is 7.29. The molecule has 0 radical (unpaired) electrons. The van der Waals surface area contributed by atoms with Gasteiger partial charge in [0, 0.05) is 25.5 Å². The van der Waals surface area contributed by atoms with Crippen LogP contribution in [0.1, 0.15) is 32.8 Å². The van der Waals surface area contributed by atoms with Crippen molar-refractivity contribution >= 4 is 11.7 Å². The zero-order valence-corrected chi connectivity index (χ0v) is 12.9. The number of rotatable bonds is 1. The van der Waals surface area contributed by atoms with Crippen LogP contribution in [0, 0.1) is 11.8 Å². The van der Waals surface area contributed by atoms with E-state index in [0.29, 0.717) is 11.8 Å². The van der Waals surface area contributed by atoms with Crippen LogP contribution in [0.25, 0.3) is 5.57 Å². The fourth-order valence-corrected chi connectivity index (χ4v) is 3.17. The second kappa shape index (κ2) is 5.17.